The molecule has 2 aromatic rings. The number of benzene rings is 1. The molecular formula is C17H17BrOS. The third kappa shape index (κ3) is 3.04. The molecule has 0 N–H and O–H groups in total. The molecule has 0 amide bonds. The van der Waals surface area contributed by atoms with Crippen LogP contribution in [0.1, 0.15) is 44.9 Å². The molecule has 0 unspecified atom stereocenters. The zero-order valence-corrected chi connectivity index (χ0v) is 13.7. The summed E-state index contributed by atoms with van der Waals surface area (Å²) in [6, 6.07) is 10.1. The maximum atomic E-state index is 12.5. The van der Waals surface area contributed by atoms with E-state index in [-0.39, 0.29) is 5.78 Å². The van der Waals surface area contributed by atoms with E-state index >= 15 is 0 Å². The first-order valence-corrected chi connectivity index (χ1v) is 8.73. The van der Waals surface area contributed by atoms with E-state index < -0.39 is 0 Å². The first-order valence-electron chi connectivity index (χ1n) is 7.12. The number of hydrogen-bond donors (Lipinski definition) is 0. The van der Waals surface area contributed by atoms with Crippen molar-refractivity contribution in [1.82, 2.24) is 0 Å². The van der Waals surface area contributed by atoms with Crippen molar-refractivity contribution in [3.8, 4) is 0 Å². The summed E-state index contributed by atoms with van der Waals surface area (Å²) in [6.07, 6.45) is 6.64. The van der Waals surface area contributed by atoms with E-state index in [0.29, 0.717) is 6.42 Å². The molecule has 0 saturated heterocycles. The lowest BCUT2D eigenvalue weighted by atomic mass is 10.1. The molecule has 1 aromatic carbocycles. The number of rotatable bonds is 3. The van der Waals surface area contributed by atoms with E-state index in [1.165, 1.54) is 29.7 Å². The highest BCUT2D eigenvalue weighted by Crippen LogP contribution is 2.30. The molecule has 1 heterocycles. The molecule has 1 aromatic heterocycles. The summed E-state index contributed by atoms with van der Waals surface area (Å²) in [5, 5.41) is 0. The van der Waals surface area contributed by atoms with Crippen molar-refractivity contribution in [3.63, 3.8) is 0 Å². The molecule has 1 aliphatic carbocycles. The molecule has 0 atom stereocenters. The van der Waals surface area contributed by atoms with Gasteiger partial charge in [-0.05, 0) is 48.9 Å². The Kier molecular flexibility index (Phi) is 4.37. The highest BCUT2D eigenvalue weighted by molar-refractivity contribution is 9.10. The molecule has 1 aliphatic rings. The first-order chi connectivity index (χ1) is 9.74. The van der Waals surface area contributed by atoms with Crippen molar-refractivity contribution >= 4 is 33.0 Å². The van der Waals surface area contributed by atoms with E-state index in [4.69, 9.17) is 0 Å². The fraction of sp³-hybridized carbons (Fsp3) is 0.353. The maximum Gasteiger partial charge on any atom is 0.177 e. The van der Waals surface area contributed by atoms with Crippen molar-refractivity contribution in [2.45, 2.75) is 38.5 Å². The van der Waals surface area contributed by atoms with Gasteiger partial charge in [-0.1, -0.05) is 40.5 Å². The number of aryl methyl sites for hydroxylation is 2. The van der Waals surface area contributed by atoms with Crippen molar-refractivity contribution in [2.24, 2.45) is 0 Å². The second-order valence-electron chi connectivity index (χ2n) is 5.31. The number of fused-ring (bicyclic) bond motifs is 1. The van der Waals surface area contributed by atoms with Crippen LogP contribution in [0.15, 0.2) is 34.8 Å². The van der Waals surface area contributed by atoms with Crippen LogP contribution < -0.4 is 0 Å². The normalized spacial score (nSPS) is 14.7. The Morgan fingerprint density at radius 1 is 1.15 bits per heavy atom. The number of carbonyl (C=O) groups excluding carboxylic acids is 1. The summed E-state index contributed by atoms with van der Waals surface area (Å²) < 4.78 is 1.02. The summed E-state index contributed by atoms with van der Waals surface area (Å²) in [5.41, 5.74) is 2.49. The zero-order chi connectivity index (χ0) is 13.9. The highest BCUT2D eigenvalue weighted by Gasteiger charge is 2.17. The fourth-order valence-corrected chi connectivity index (χ4v) is 4.32. The Morgan fingerprint density at radius 3 is 2.80 bits per heavy atom. The smallest absolute Gasteiger partial charge is 0.177 e. The Balaban J connectivity index is 1.79. The minimum absolute atomic E-state index is 0.245. The van der Waals surface area contributed by atoms with Gasteiger partial charge in [-0.15, -0.1) is 11.3 Å². The van der Waals surface area contributed by atoms with Crippen LogP contribution >= 0.6 is 27.3 Å². The van der Waals surface area contributed by atoms with Crippen molar-refractivity contribution in [1.29, 1.82) is 0 Å². The molecule has 0 bridgehead atoms. The van der Waals surface area contributed by atoms with Crippen LogP contribution in [0.25, 0.3) is 0 Å². The quantitative estimate of drug-likeness (QED) is 0.549. The van der Waals surface area contributed by atoms with Gasteiger partial charge in [0.15, 0.2) is 5.78 Å². The van der Waals surface area contributed by atoms with Gasteiger partial charge in [0, 0.05) is 15.8 Å². The topological polar surface area (TPSA) is 17.1 Å². The number of Topliss-reactive ketones (excluding diaryl/α,β-unsaturated/α-hetero) is 1. The second-order valence-corrected chi connectivity index (χ2v) is 7.30. The highest BCUT2D eigenvalue weighted by atomic mass is 79.9. The van der Waals surface area contributed by atoms with Crippen LogP contribution in [-0.2, 0) is 19.3 Å². The number of ketones is 1. The Bertz CT molecular complexity index is 606. The van der Waals surface area contributed by atoms with Crippen molar-refractivity contribution < 1.29 is 4.79 Å². The van der Waals surface area contributed by atoms with E-state index in [2.05, 4.69) is 22.0 Å². The van der Waals surface area contributed by atoms with Crippen LogP contribution in [0.2, 0.25) is 0 Å². The Morgan fingerprint density at radius 2 is 1.95 bits per heavy atom. The molecule has 0 fully saturated rings. The van der Waals surface area contributed by atoms with Gasteiger partial charge in [0.2, 0.25) is 0 Å². The van der Waals surface area contributed by atoms with E-state index in [9.17, 15) is 4.79 Å². The predicted octanol–water partition coefficient (Wildman–Crippen LogP) is 5.20. The third-order valence-corrected chi connectivity index (χ3v) is 5.88. The van der Waals surface area contributed by atoms with Crippen LogP contribution in [0, 0.1) is 0 Å². The van der Waals surface area contributed by atoms with Gasteiger partial charge >= 0.3 is 0 Å². The average molecular weight is 349 g/mol. The zero-order valence-electron chi connectivity index (χ0n) is 11.3. The average Bonchev–Trinajstić information content (AvgIpc) is 2.73. The minimum Gasteiger partial charge on any atom is -0.293 e. The molecule has 3 heteroatoms. The molecule has 20 heavy (non-hydrogen) atoms. The SMILES string of the molecule is O=C(Cc1ccccc1Br)c1cc2c(s1)CCCCC2. The standard InChI is InChI=1S/C17H17BrOS/c18-14-8-5-4-6-12(14)10-15(19)17-11-13-7-2-1-3-9-16(13)20-17/h4-6,8,11H,1-3,7,9-10H2. The van der Waals surface area contributed by atoms with Crippen LogP contribution in [0.4, 0.5) is 0 Å². The number of hydrogen-bond acceptors (Lipinski definition) is 2. The number of halogens is 1. The summed E-state index contributed by atoms with van der Waals surface area (Å²) in [4.78, 5) is 14.8. The maximum absolute atomic E-state index is 12.5. The van der Waals surface area contributed by atoms with Gasteiger partial charge < -0.3 is 0 Å². The van der Waals surface area contributed by atoms with Crippen molar-refractivity contribution in [3.05, 3.63) is 55.7 Å². The lowest BCUT2D eigenvalue weighted by Crippen LogP contribution is -2.01. The van der Waals surface area contributed by atoms with E-state index in [1.807, 2.05) is 24.3 Å². The van der Waals surface area contributed by atoms with E-state index in [0.717, 1.165) is 27.8 Å². The molecule has 0 spiro atoms. The number of thiophene rings is 1. The molecule has 3 rings (SSSR count). The van der Waals surface area contributed by atoms with Crippen LogP contribution in [0.3, 0.4) is 0 Å². The predicted molar refractivity (Wildman–Crippen MR) is 87.8 cm³/mol. The summed E-state index contributed by atoms with van der Waals surface area (Å²) in [6.45, 7) is 0. The number of carbonyl (C=O) groups is 1. The Labute approximate surface area is 132 Å². The largest absolute Gasteiger partial charge is 0.293 e. The van der Waals surface area contributed by atoms with Gasteiger partial charge in [0.1, 0.15) is 0 Å². The molecule has 0 aliphatic heterocycles. The first kappa shape index (κ1) is 14.0. The minimum atomic E-state index is 0.245. The molecule has 104 valence electrons. The lowest BCUT2D eigenvalue weighted by molar-refractivity contribution is 0.0996. The molecular weight excluding hydrogens is 332 g/mol. The van der Waals surface area contributed by atoms with Crippen LogP contribution in [0.5, 0.6) is 0 Å². The van der Waals surface area contributed by atoms with Gasteiger partial charge in [-0.2, -0.15) is 0 Å². The molecule has 1 nitrogen and oxygen atoms in total. The van der Waals surface area contributed by atoms with Crippen molar-refractivity contribution in [2.75, 3.05) is 0 Å². The molecule has 0 saturated carbocycles. The molecule has 0 radical (unpaired) electrons. The summed E-state index contributed by atoms with van der Waals surface area (Å²) in [5.74, 6) is 0.245. The van der Waals surface area contributed by atoms with Gasteiger partial charge in [0.25, 0.3) is 0 Å². The fourth-order valence-electron chi connectivity index (χ4n) is 2.71. The second kappa shape index (κ2) is 6.23. The summed E-state index contributed by atoms with van der Waals surface area (Å²) in [7, 11) is 0. The van der Waals surface area contributed by atoms with Gasteiger partial charge in [0.05, 0.1) is 4.88 Å². The lowest BCUT2D eigenvalue weighted by Gasteiger charge is -2.02. The monoisotopic (exact) mass is 348 g/mol. The van der Waals surface area contributed by atoms with Gasteiger partial charge in [-0.3, -0.25) is 4.79 Å². The van der Waals surface area contributed by atoms with E-state index in [1.54, 1.807) is 11.3 Å². The third-order valence-electron chi connectivity index (χ3n) is 3.83. The van der Waals surface area contributed by atoms with Crippen LogP contribution in [-0.4, -0.2) is 5.78 Å². The Hall–Kier alpha value is -0.930. The van der Waals surface area contributed by atoms with Gasteiger partial charge in [-0.25, -0.2) is 0 Å². The summed E-state index contributed by atoms with van der Waals surface area (Å²) >= 11 is 5.23.